The van der Waals surface area contributed by atoms with Gasteiger partial charge >= 0.3 is 5.97 Å². The minimum Gasteiger partial charge on any atom is -0.477 e. The Hall–Kier alpha value is -4.30. The first-order valence-electron chi connectivity index (χ1n) is 12.3. The molecule has 1 aliphatic carbocycles. The standard InChI is InChI=1S/C20H19N3O.C9H8N2O2.ClH/c24-20(15-5-6-16-12-21-9-7-14(16)11-15)22-10-8-17-13-23-19-4-2-1-3-18(17)19;12-9(13)8-2-1-6-5-10-4-3-7(6)11-8;/h1-4,7,9,11-13,23H,5-6,8,10H2,(H,22,24);3-5H,1-2H2,(H,12,13);1H. The summed E-state index contributed by atoms with van der Waals surface area (Å²) in [6.45, 7) is 0.640. The number of carbonyl (C=O) groups is 2. The van der Waals surface area contributed by atoms with Gasteiger partial charge in [-0.3, -0.25) is 14.8 Å². The van der Waals surface area contributed by atoms with Crippen molar-refractivity contribution < 1.29 is 14.7 Å². The Morgan fingerprint density at radius 2 is 1.71 bits per heavy atom. The number of carboxylic acids is 1. The van der Waals surface area contributed by atoms with Crippen molar-refractivity contribution in [2.75, 3.05) is 6.54 Å². The topological polar surface area (TPSA) is 120 Å². The molecule has 0 atom stereocenters. The summed E-state index contributed by atoms with van der Waals surface area (Å²) in [7, 11) is 0. The number of H-pyrrole nitrogens is 1. The van der Waals surface area contributed by atoms with Gasteiger partial charge in [-0.1, -0.05) is 18.2 Å². The number of aromatic nitrogens is 3. The van der Waals surface area contributed by atoms with Crippen LogP contribution in [-0.2, 0) is 28.9 Å². The van der Waals surface area contributed by atoms with Crippen LogP contribution in [0.25, 0.3) is 17.0 Å². The molecule has 2 aliphatic rings. The number of carbonyl (C=O) groups excluding carboxylic acids is 1. The summed E-state index contributed by atoms with van der Waals surface area (Å²) in [5.41, 5.74) is 7.54. The molecule has 1 aliphatic heterocycles. The van der Waals surface area contributed by atoms with E-state index in [1.54, 1.807) is 24.7 Å². The van der Waals surface area contributed by atoms with Gasteiger partial charge in [0.25, 0.3) is 0 Å². The molecule has 0 saturated carbocycles. The van der Waals surface area contributed by atoms with Crippen molar-refractivity contribution in [3.05, 3.63) is 95.2 Å². The summed E-state index contributed by atoms with van der Waals surface area (Å²) < 4.78 is 0. The number of rotatable bonds is 5. The lowest BCUT2D eigenvalue weighted by atomic mass is 9.93. The van der Waals surface area contributed by atoms with Gasteiger partial charge < -0.3 is 15.4 Å². The van der Waals surface area contributed by atoms with Crippen LogP contribution in [0.3, 0.4) is 0 Å². The highest BCUT2D eigenvalue weighted by Crippen LogP contribution is 2.25. The van der Waals surface area contributed by atoms with Crippen molar-refractivity contribution in [1.82, 2.24) is 20.3 Å². The van der Waals surface area contributed by atoms with Gasteiger partial charge in [0, 0.05) is 60.4 Å². The second-order valence-electron chi connectivity index (χ2n) is 8.98. The summed E-state index contributed by atoms with van der Waals surface area (Å²) in [6, 6.07) is 11.9. The maximum absolute atomic E-state index is 12.4. The third kappa shape index (κ3) is 6.15. The molecule has 4 heterocycles. The molecular formula is C29H28ClN5O3. The molecule has 0 radical (unpaired) electrons. The molecule has 9 heteroatoms. The minimum absolute atomic E-state index is 0. The predicted octanol–water partition coefficient (Wildman–Crippen LogP) is 4.86. The number of benzene rings is 1. The van der Waals surface area contributed by atoms with Crippen molar-refractivity contribution in [2.45, 2.75) is 32.1 Å². The normalized spacial score (nSPS) is 13.5. The molecule has 0 saturated heterocycles. The van der Waals surface area contributed by atoms with E-state index in [0.29, 0.717) is 19.4 Å². The van der Waals surface area contributed by atoms with E-state index >= 15 is 0 Å². The smallest absolute Gasteiger partial charge is 0.350 e. The van der Waals surface area contributed by atoms with Crippen molar-refractivity contribution >= 4 is 52.7 Å². The Balaban J connectivity index is 0.000000204. The van der Waals surface area contributed by atoms with Gasteiger partial charge in [-0.15, -0.1) is 12.4 Å². The Labute approximate surface area is 226 Å². The maximum atomic E-state index is 12.4. The zero-order valence-electron chi connectivity index (χ0n) is 20.7. The first kappa shape index (κ1) is 26.8. The van der Waals surface area contributed by atoms with Crippen LogP contribution in [-0.4, -0.2) is 44.2 Å². The molecule has 6 rings (SSSR count). The number of hydrogen-bond acceptors (Lipinski definition) is 5. The highest BCUT2D eigenvalue weighted by atomic mass is 35.5. The molecule has 3 N–H and O–H groups in total. The Bertz CT molecular complexity index is 1530. The van der Waals surface area contributed by atoms with E-state index in [-0.39, 0.29) is 24.0 Å². The number of aromatic amines is 1. The number of aliphatic imine (C=N–C) groups is 1. The second-order valence-corrected chi connectivity index (χ2v) is 8.98. The largest absolute Gasteiger partial charge is 0.477 e. The molecule has 194 valence electrons. The zero-order valence-corrected chi connectivity index (χ0v) is 21.5. The van der Waals surface area contributed by atoms with Crippen LogP contribution in [0.15, 0.2) is 77.9 Å². The van der Waals surface area contributed by atoms with Gasteiger partial charge in [0.1, 0.15) is 5.71 Å². The van der Waals surface area contributed by atoms with Crippen molar-refractivity contribution in [2.24, 2.45) is 4.99 Å². The van der Waals surface area contributed by atoms with E-state index in [0.717, 1.165) is 47.2 Å². The number of aryl methyl sites for hydroxylation is 2. The number of fused-ring (bicyclic) bond motifs is 3. The molecule has 3 aromatic heterocycles. The fourth-order valence-electron chi connectivity index (χ4n) is 4.59. The summed E-state index contributed by atoms with van der Waals surface area (Å²) in [5.74, 6) is -0.889. The molecule has 0 bridgehead atoms. The van der Waals surface area contributed by atoms with Crippen LogP contribution < -0.4 is 5.32 Å². The Kier molecular flexibility index (Phi) is 8.66. The zero-order chi connectivity index (χ0) is 25.6. The van der Waals surface area contributed by atoms with Gasteiger partial charge in [-0.25, -0.2) is 9.79 Å². The molecule has 1 amide bonds. The van der Waals surface area contributed by atoms with Crippen LogP contribution in [0.5, 0.6) is 0 Å². The molecular weight excluding hydrogens is 502 g/mol. The fraction of sp³-hybridized carbons (Fsp3) is 0.207. The third-order valence-corrected chi connectivity index (χ3v) is 6.59. The monoisotopic (exact) mass is 529 g/mol. The average Bonchev–Trinajstić information content (AvgIpc) is 3.36. The molecule has 4 aromatic rings. The number of aliphatic carboxylic acids is 1. The molecule has 0 fully saturated rings. The molecule has 0 spiro atoms. The lowest BCUT2D eigenvalue weighted by Crippen LogP contribution is -2.28. The summed E-state index contributed by atoms with van der Waals surface area (Å²) in [4.78, 5) is 38.4. The first-order valence-corrected chi connectivity index (χ1v) is 12.3. The van der Waals surface area contributed by atoms with Crippen molar-refractivity contribution in [1.29, 1.82) is 0 Å². The lowest BCUT2D eigenvalue weighted by molar-refractivity contribution is -0.129. The number of nitrogens with one attached hydrogen (secondary N) is 2. The van der Waals surface area contributed by atoms with Gasteiger partial charge in [-0.05, 0) is 72.2 Å². The minimum atomic E-state index is -0.928. The third-order valence-electron chi connectivity index (χ3n) is 6.59. The summed E-state index contributed by atoms with van der Waals surface area (Å²) in [6.07, 6.45) is 14.7. The van der Waals surface area contributed by atoms with Crippen molar-refractivity contribution in [3.63, 3.8) is 0 Å². The maximum Gasteiger partial charge on any atom is 0.350 e. The highest BCUT2D eigenvalue weighted by molar-refractivity contribution is 6.36. The van der Waals surface area contributed by atoms with E-state index in [2.05, 4.69) is 37.4 Å². The quantitative estimate of drug-likeness (QED) is 0.341. The van der Waals surface area contributed by atoms with Crippen LogP contribution in [0.4, 0.5) is 5.69 Å². The van der Waals surface area contributed by atoms with Crippen LogP contribution in [0.1, 0.15) is 35.1 Å². The number of hydrogen-bond donors (Lipinski definition) is 3. The number of amides is 1. The molecule has 0 unspecified atom stereocenters. The number of halogens is 1. The molecule has 1 aromatic carbocycles. The molecule has 38 heavy (non-hydrogen) atoms. The van der Waals surface area contributed by atoms with E-state index in [1.807, 2.05) is 36.7 Å². The van der Waals surface area contributed by atoms with Crippen LogP contribution in [0.2, 0.25) is 0 Å². The van der Waals surface area contributed by atoms with Gasteiger partial charge in [0.2, 0.25) is 5.91 Å². The number of pyridine rings is 2. The van der Waals surface area contributed by atoms with E-state index in [4.69, 9.17) is 5.11 Å². The SMILES string of the molecule is Cl.O=C(NCCc1c[nH]c2ccccc12)C1=Cc2ccncc2CC1.O=C(O)C1=Nc2ccncc2CC1. The molecule has 8 nitrogen and oxygen atoms in total. The van der Waals surface area contributed by atoms with Crippen LogP contribution in [0, 0.1) is 0 Å². The Morgan fingerprint density at radius 1 is 0.947 bits per heavy atom. The Morgan fingerprint density at radius 3 is 2.55 bits per heavy atom. The average molecular weight is 530 g/mol. The predicted molar refractivity (Wildman–Crippen MR) is 150 cm³/mol. The summed E-state index contributed by atoms with van der Waals surface area (Å²) >= 11 is 0. The highest BCUT2D eigenvalue weighted by Gasteiger charge is 2.17. The van der Waals surface area contributed by atoms with E-state index in [1.165, 1.54) is 16.5 Å². The van der Waals surface area contributed by atoms with Crippen molar-refractivity contribution in [3.8, 4) is 0 Å². The number of carboxylic acid groups (broad SMARTS) is 1. The van der Waals surface area contributed by atoms with Gasteiger partial charge in [0.15, 0.2) is 0 Å². The van der Waals surface area contributed by atoms with E-state index in [9.17, 15) is 9.59 Å². The lowest BCUT2D eigenvalue weighted by Gasteiger charge is -2.15. The van der Waals surface area contributed by atoms with E-state index < -0.39 is 5.97 Å². The fourth-order valence-corrected chi connectivity index (χ4v) is 4.59. The number of para-hydroxylation sites is 1. The van der Waals surface area contributed by atoms with Gasteiger partial charge in [0.05, 0.1) is 5.69 Å². The summed E-state index contributed by atoms with van der Waals surface area (Å²) in [5, 5.41) is 13.0. The first-order chi connectivity index (χ1) is 18.1. The second kappa shape index (κ2) is 12.3. The van der Waals surface area contributed by atoms with Gasteiger partial charge in [-0.2, -0.15) is 0 Å². The number of nitrogens with zero attached hydrogens (tertiary/aromatic N) is 3. The van der Waals surface area contributed by atoms with Crippen LogP contribution >= 0.6 is 12.4 Å².